The summed E-state index contributed by atoms with van der Waals surface area (Å²) in [4.78, 5) is 14.6. The van der Waals surface area contributed by atoms with E-state index >= 15 is 0 Å². The molecule has 1 aliphatic rings. The molecule has 0 spiro atoms. The summed E-state index contributed by atoms with van der Waals surface area (Å²) in [5.74, 6) is -0.0564. The number of fused-ring (bicyclic) bond motifs is 1. The minimum Gasteiger partial charge on any atom is -0.411 e. The van der Waals surface area contributed by atoms with E-state index in [0.717, 1.165) is 17.7 Å². The summed E-state index contributed by atoms with van der Waals surface area (Å²) in [6.45, 7) is 4.34. The zero-order chi connectivity index (χ0) is 15.5. The van der Waals surface area contributed by atoms with Gasteiger partial charge in [0, 0.05) is 19.2 Å². The fourth-order valence-electron chi connectivity index (χ4n) is 2.60. The van der Waals surface area contributed by atoms with E-state index in [1.807, 2.05) is 38.1 Å². The molecule has 1 amide bonds. The number of para-hydroxylation sites is 1. The Hall–Kier alpha value is -1.88. The topological polar surface area (TPSA) is 62.1 Å². The molecular weight excluding hydrogens is 268 g/mol. The summed E-state index contributed by atoms with van der Waals surface area (Å²) < 4.78 is 5.44. The highest BCUT2D eigenvalue weighted by Gasteiger charge is 2.37. The van der Waals surface area contributed by atoms with Crippen molar-refractivity contribution in [2.24, 2.45) is 5.16 Å². The van der Waals surface area contributed by atoms with Gasteiger partial charge in [-0.1, -0.05) is 30.3 Å². The van der Waals surface area contributed by atoms with Crippen LogP contribution in [0.15, 0.2) is 29.4 Å². The van der Waals surface area contributed by atoms with Gasteiger partial charge in [0.25, 0.3) is 5.91 Å². The molecule has 0 aliphatic carbocycles. The second-order valence-corrected chi connectivity index (χ2v) is 5.41. The summed E-state index contributed by atoms with van der Waals surface area (Å²) in [7, 11) is 1.56. The Morgan fingerprint density at radius 2 is 2.19 bits per heavy atom. The van der Waals surface area contributed by atoms with Crippen LogP contribution in [0, 0.1) is 0 Å². The third-order valence-electron chi connectivity index (χ3n) is 4.24. The molecule has 5 nitrogen and oxygen atoms in total. The lowest BCUT2D eigenvalue weighted by Crippen LogP contribution is -2.48. The zero-order valence-corrected chi connectivity index (χ0v) is 12.8. The lowest BCUT2D eigenvalue weighted by Gasteiger charge is -2.33. The van der Waals surface area contributed by atoms with Crippen molar-refractivity contribution in [3.63, 3.8) is 0 Å². The van der Waals surface area contributed by atoms with E-state index in [-0.39, 0.29) is 5.91 Å². The fourth-order valence-corrected chi connectivity index (χ4v) is 2.60. The lowest BCUT2D eigenvalue weighted by molar-refractivity contribution is -0.138. The van der Waals surface area contributed by atoms with E-state index in [0.29, 0.717) is 25.1 Å². The number of carbonyl (C=O) groups excluding carboxylic acids is 1. The standard InChI is InChI=1S/C16H22N2O3/c1-4-16(2,21-3)15(19)18-11-7-9-13(17-20)12-8-5-6-10-14(12)18/h5-6,8,10,20H,4,7,9,11H2,1-3H3/b17-13-. The molecule has 0 saturated carbocycles. The van der Waals surface area contributed by atoms with Crippen LogP contribution in [0.25, 0.3) is 0 Å². The first-order valence-corrected chi connectivity index (χ1v) is 7.25. The van der Waals surface area contributed by atoms with Gasteiger partial charge < -0.3 is 14.8 Å². The monoisotopic (exact) mass is 290 g/mol. The Morgan fingerprint density at radius 1 is 1.48 bits per heavy atom. The summed E-state index contributed by atoms with van der Waals surface area (Å²) >= 11 is 0. The van der Waals surface area contributed by atoms with Gasteiger partial charge in [-0.3, -0.25) is 4.79 Å². The van der Waals surface area contributed by atoms with E-state index in [2.05, 4.69) is 5.16 Å². The zero-order valence-electron chi connectivity index (χ0n) is 12.8. The molecule has 1 heterocycles. The fraction of sp³-hybridized carbons (Fsp3) is 0.500. The van der Waals surface area contributed by atoms with Crippen molar-refractivity contribution in [1.29, 1.82) is 0 Å². The largest absolute Gasteiger partial charge is 0.411 e. The SMILES string of the molecule is CCC(C)(OC)C(=O)N1CCC/C(=N/O)c2ccccc21. The number of benzene rings is 1. The molecule has 5 heteroatoms. The number of rotatable bonds is 3. The van der Waals surface area contributed by atoms with Gasteiger partial charge in [-0.2, -0.15) is 0 Å². The highest BCUT2D eigenvalue weighted by Crippen LogP contribution is 2.30. The highest BCUT2D eigenvalue weighted by atomic mass is 16.5. The van der Waals surface area contributed by atoms with Gasteiger partial charge in [-0.25, -0.2) is 0 Å². The van der Waals surface area contributed by atoms with Crippen LogP contribution >= 0.6 is 0 Å². The number of hydrogen-bond acceptors (Lipinski definition) is 4. The second-order valence-electron chi connectivity index (χ2n) is 5.41. The molecule has 0 saturated heterocycles. The van der Waals surface area contributed by atoms with Crippen molar-refractivity contribution in [1.82, 2.24) is 0 Å². The summed E-state index contributed by atoms with van der Waals surface area (Å²) in [6.07, 6.45) is 2.00. The Kier molecular flexibility index (Phi) is 4.63. The van der Waals surface area contributed by atoms with Crippen molar-refractivity contribution in [2.45, 2.75) is 38.7 Å². The first kappa shape index (κ1) is 15.5. The van der Waals surface area contributed by atoms with Crippen molar-refractivity contribution in [3.05, 3.63) is 29.8 Å². The summed E-state index contributed by atoms with van der Waals surface area (Å²) in [6, 6.07) is 7.53. The van der Waals surface area contributed by atoms with Crippen LogP contribution in [-0.4, -0.2) is 36.1 Å². The Balaban J connectivity index is 2.48. The van der Waals surface area contributed by atoms with E-state index in [9.17, 15) is 10.0 Å². The third-order valence-corrected chi connectivity index (χ3v) is 4.24. The summed E-state index contributed by atoms with van der Waals surface area (Å²) in [5, 5.41) is 12.6. The van der Waals surface area contributed by atoms with Crippen molar-refractivity contribution >= 4 is 17.3 Å². The minimum atomic E-state index is -0.839. The third kappa shape index (κ3) is 2.78. The van der Waals surface area contributed by atoms with Crippen molar-refractivity contribution < 1.29 is 14.7 Å². The normalized spacial score (nSPS) is 19.8. The van der Waals surface area contributed by atoms with Crippen LogP contribution in [0.2, 0.25) is 0 Å². The van der Waals surface area contributed by atoms with Gasteiger partial charge in [0.05, 0.1) is 11.4 Å². The van der Waals surface area contributed by atoms with Crippen LogP contribution in [0.5, 0.6) is 0 Å². The molecule has 1 aliphatic heterocycles. The maximum atomic E-state index is 12.9. The average molecular weight is 290 g/mol. The molecule has 1 N–H and O–H groups in total. The van der Waals surface area contributed by atoms with E-state index in [1.165, 1.54) is 0 Å². The molecule has 0 radical (unpaired) electrons. The van der Waals surface area contributed by atoms with Crippen molar-refractivity contribution in [2.75, 3.05) is 18.6 Å². The quantitative estimate of drug-likeness (QED) is 0.688. The van der Waals surface area contributed by atoms with Crippen LogP contribution < -0.4 is 4.90 Å². The number of hydrogen-bond donors (Lipinski definition) is 1. The molecule has 114 valence electrons. The number of carbonyl (C=O) groups is 1. The van der Waals surface area contributed by atoms with Crippen molar-refractivity contribution in [3.8, 4) is 0 Å². The molecule has 1 atom stereocenters. The Morgan fingerprint density at radius 3 is 2.81 bits per heavy atom. The number of amides is 1. The van der Waals surface area contributed by atoms with E-state index < -0.39 is 5.60 Å². The lowest BCUT2D eigenvalue weighted by atomic mass is 10.00. The molecule has 1 unspecified atom stereocenters. The minimum absolute atomic E-state index is 0.0564. The molecule has 21 heavy (non-hydrogen) atoms. The number of methoxy groups -OCH3 is 1. The van der Waals surface area contributed by atoms with Gasteiger partial charge >= 0.3 is 0 Å². The van der Waals surface area contributed by atoms with Gasteiger partial charge in [-0.05, 0) is 32.3 Å². The molecule has 2 rings (SSSR count). The number of anilines is 1. The Labute approximate surface area is 125 Å². The van der Waals surface area contributed by atoms with Crippen LogP contribution in [0.3, 0.4) is 0 Å². The average Bonchev–Trinajstić information content (AvgIpc) is 2.72. The predicted molar refractivity (Wildman–Crippen MR) is 82.1 cm³/mol. The molecule has 0 aromatic heterocycles. The molecule has 1 aromatic rings. The van der Waals surface area contributed by atoms with Crippen LogP contribution in [0.1, 0.15) is 38.7 Å². The van der Waals surface area contributed by atoms with E-state index in [4.69, 9.17) is 4.74 Å². The first-order valence-electron chi connectivity index (χ1n) is 7.25. The molecule has 1 aromatic carbocycles. The Bertz CT molecular complexity index is 550. The number of nitrogens with zero attached hydrogens (tertiary/aromatic N) is 2. The van der Waals surface area contributed by atoms with Gasteiger partial charge in [0.2, 0.25) is 0 Å². The first-order chi connectivity index (χ1) is 10.1. The van der Waals surface area contributed by atoms with Gasteiger partial charge in [0.1, 0.15) is 5.60 Å². The second kappa shape index (κ2) is 6.26. The van der Waals surface area contributed by atoms with E-state index in [1.54, 1.807) is 12.0 Å². The van der Waals surface area contributed by atoms with Crippen LogP contribution in [0.4, 0.5) is 5.69 Å². The maximum absolute atomic E-state index is 12.9. The van der Waals surface area contributed by atoms with Gasteiger partial charge in [-0.15, -0.1) is 0 Å². The molecule has 0 bridgehead atoms. The molecular formula is C16H22N2O3. The van der Waals surface area contributed by atoms with Crippen LogP contribution in [-0.2, 0) is 9.53 Å². The summed E-state index contributed by atoms with van der Waals surface area (Å²) in [5.41, 5.74) is 1.37. The predicted octanol–water partition coefficient (Wildman–Crippen LogP) is 2.81. The number of oxime groups is 1. The molecule has 0 fully saturated rings. The van der Waals surface area contributed by atoms with Gasteiger partial charge in [0.15, 0.2) is 0 Å². The highest BCUT2D eigenvalue weighted by molar-refractivity contribution is 6.10. The maximum Gasteiger partial charge on any atom is 0.258 e. The smallest absolute Gasteiger partial charge is 0.258 e. The number of ether oxygens (including phenoxy) is 1.